The number of hydrogen-bond donors (Lipinski definition) is 0. The highest BCUT2D eigenvalue weighted by atomic mass is 127. The number of halogens is 1. The van der Waals surface area contributed by atoms with Crippen LogP contribution in [0.1, 0.15) is 18.9 Å². The Balaban J connectivity index is 2.45. The van der Waals surface area contributed by atoms with Crippen molar-refractivity contribution in [1.82, 2.24) is 0 Å². The molecule has 1 aliphatic heterocycles. The van der Waals surface area contributed by atoms with E-state index in [1.54, 1.807) is 3.11 Å². The minimum Gasteiger partial charge on any atom is -0.273 e. The number of benzene rings is 1. The summed E-state index contributed by atoms with van der Waals surface area (Å²) in [5.41, 5.74) is 2.34. The molecule has 0 N–H and O–H groups in total. The molecule has 1 atom stereocenters. The van der Waals surface area contributed by atoms with Gasteiger partial charge in [-0.25, -0.2) is 0 Å². The van der Waals surface area contributed by atoms with Gasteiger partial charge in [-0.1, -0.05) is 25.1 Å². The summed E-state index contributed by atoms with van der Waals surface area (Å²) < 4.78 is 1.75. The number of rotatable bonds is 0. The molecule has 0 aromatic heterocycles. The van der Waals surface area contributed by atoms with Gasteiger partial charge in [-0.05, 0) is 24.5 Å². The zero-order valence-electron chi connectivity index (χ0n) is 8.03. The molecule has 0 fully saturated rings. The van der Waals surface area contributed by atoms with Gasteiger partial charge >= 0.3 is 0 Å². The Kier molecular flexibility index (Phi) is 2.76. The summed E-state index contributed by atoms with van der Waals surface area (Å²) in [6.45, 7) is 2.00. The number of hydrogen-bond acceptors (Lipinski definition) is 1. The molecule has 1 unspecified atom stereocenters. The summed E-state index contributed by atoms with van der Waals surface area (Å²) in [5.74, 6) is 0.356. The van der Waals surface area contributed by atoms with Crippen LogP contribution in [0.15, 0.2) is 24.3 Å². The lowest BCUT2D eigenvalue weighted by atomic mass is 10.0. The minimum atomic E-state index is 0.138. The predicted molar refractivity (Wildman–Crippen MR) is 65.4 cm³/mol. The van der Waals surface area contributed by atoms with Gasteiger partial charge in [0.1, 0.15) is 0 Å². The molecule has 0 saturated heterocycles. The molecule has 1 amide bonds. The van der Waals surface area contributed by atoms with Gasteiger partial charge in [0, 0.05) is 5.92 Å². The van der Waals surface area contributed by atoms with Gasteiger partial charge in [0.15, 0.2) is 0 Å². The van der Waals surface area contributed by atoms with Crippen molar-refractivity contribution in [3.05, 3.63) is 29.8 Å². The monoisotopic (exact) mass is 301 g/mol. The van der Waals surface area contributed by atoms with Crippen LogP contribution in [-0.4, -0.2) is 5.91 Å². The molecule has 0 saturated carbocycles. The summed E-state index contributed by atoms with van der Waals surface area (Å²) in [7, 11) is 0. The molecule has 1 aromatic rings. The number of carbonyl (C=O) groups is 1. The van der Waals surface area contributed by atoms with Crippen LogP contribution in [0.5, 0.6) is 0 Å². The molecule has 0 bridgehead atoms. The van der Waals surface area contributed by atoms with Crippen molar-refractivity contribution < 1.29 is 4.79 Å². The van der Waals surface area contributed by atoms with Crippen molar-refractivity contribution in [3.63, 3.8) is 0 Å². The van der Waals surface area contributed by atoms with E-state index in [0.29, 0.717) is 0 Å². The van der Waals surface area contributed by atoms with E-state index in [4.69, 9.17) is 0 Å². The summed E-state index contributed by atoms with van der Waals surface area (Å²) in [6, 6.07) is 8.13. The Morgan fingerprint density at radius 2 is 2.14 bits per heavy atom. The van der Waals surface area contributed by atoms with Crippen LogP contribution in [0.3, 0.4) is 0 Å². The SMILES string of the molecule is CC1CCc2ccccc2N(I)C1=O. The van der Waals surface area contributed by atoms with Crippen LogP contribution >= 0.6 is 22.9 Å². The van der Waals surface area contributed by atoms with Crippen molar-refractivity contribution in [2.24, 2.45) is 5.92 Å². The Morgan fingerprint density at radius 1 is 1.43 bits per heavy atom. The van der Waals surface area contributed by atoms with Crippen LogP contribution in [-0.2, 0) is 11.2 Å². The van der Waals surface area contributed by atoms with E-state index in [0.717, 1.165) is 18.5 Å². The lowest BCUT2D eigenvalue weighted by Crippen LogP contribution is -2.24. The maximum Gasteiger partial charge on any atom is 0.238 e. The van der Waals surface area contributed by atoms with Crippen molar-refractivity contribution >= 4 is 34.5 Å². The third kappa shape index (κ3) is 1.65. The maximum absolute atomic E-state index is 11.8. The predicted octanol–water partition coefficient (Wildman–Crippen LogP) is 2.95. The molecular formula is C11H12INO. The fourth-order valence-electron chi connectivity index (χ4n) is 1.72. The highest BCUT2D eigenvalue weighted by Crippen LogP contribution is 2.31. The Bertz CT molecular complexity index is 364. The van der Waals surface area contributed by atoms with E-state index in [1.165, 1.54) is 5.56 Å². The Hall–Kier alpha value is -0.580. The van der Waals surface area contributed by atoms with Crippen LogP contribution in [0.2, 0.25) is 0 Å². The molecule has 0 radical (unpaired) electrons. The van der Waals surface area contributed by atoms with Gasteiger partial charge in [-0.2, -0.15) is 0 Å². The van der Waals surface area contributed by atoms with E-state index < -0.39 is 0 Å². The second-order valence-corrected chi connectivity index (χ2v) is 4.65. The average molecular weight is 301 g/mol. The first-order valence-electron chi connectivity index (χ1n) is 4.78. The molecule has 2 rings (SSSR count). The van der Waals surface area contributed by atoms with Gasteiger partial charge in [0.05, 0.1) is 28.6 Å². The van der Waals surface area contributed by atoms with E-state index in [-0.39, 0.29) is 11.8 Å². The number of amides is 1. The molecule has 14 heavy (non-hydrogen) atoms. The van der Waals surface area contributed by atoms with E-state index >= 15 is 0 Å². The third-order valence-corrected chi connectivity index (χ3v) is 3.66. The number of nitrogens with zero attached hydrogens (tertiary/aromatic N) is 1. The van der Waals surface area contributed by atoms with Crippen molar-refractivity contribution in [2.75, 3.05) is 3.11 Å². The fourth-order valence-corrected chi connectivity index (χ4v) is 2.67. The van der Waals surface area contributed by atoms with Gasteiger partial charge in [-0.15, -0.1) is 0 Å². The minimum absolute atomic E-state index is 0.138. The molecule has 1 aliphatic rings. The lowest BCUT2D eigenvalue weighted by molar-refractivity contribution is -0.120. The summed E-state index contributed by atoms with van der Waals surface area (Å²) in [4.78, 5) is 11.8. The molecule has 2 nitrogen and oxygen atoms in total. The van der Waals surface area contributed by atoms with Crippen LogP contribution in [0, 0.1) is 5.92 Å². The summed E-state index contributed by atoms with van der Waals surface area (Å²) >= 11 is 2.10. The Labute approximate surface area is 97.8 Å². The third-order valence-electron chi connectivity index (χ3n) is 2.66. The maximum atomic E-state index is 11.8. The van der Waals surface area contributed by atoms with Gasteiger partial charge in [0.2, 0.25) is 5.91 Å². The lowest BCUT2D eigenvalue weighted by Gasteiger charge is -2.16. The van der Waals surface area contributed by atoms with E-state index in [2.05, 4.69) is 28.9 Å². The average Bonchev–Trinajstić information content (AvgIpc) is 2.32. The fraction of sp³-hybridized carbons (Fsp3) is 0.364. The van der Waals surface area contributed by atoms with Crippen LogP contribution < -0.4 is 3.11 Å². The summed E-state index contributed by atoms with van der Waals surface area (Å²) in [6.07, 6.45) is 1.96. The smallest absolute Gasteiger partial charge is 0.238 e. The van der Waals surface area contributed by atoms with E-state index in [9.17, 15) is 4.79 Å². The van der Waals surface area contributed by atoms with Crippen molar-refractivity contribution in [3.8, 4) is 0 Å². The van der Waals surface area contributed by atoms with Gasteiger partial charge in [0.25, 0.3) is 0 Å². The van der Waals surface area contributed by atoms with Crippen molar-refractivity contribution in [2.45, 2.75) is 19.8 Å². The molecule has 74 valence electrons. The second-order valence-electron chi connectivity index (χ2n) is 3.69. The molecule has 0 spiro atoms. The van der Waals surface area contributed by atoms with Crippen LogP contribution in [0.4, 0.5) is 5.69 Å². The first-order valence-corrected chi connectivity index (χ1v) is 5.74. The largest absolute Gasteiger partial charge is 0.273 e. The molecule has 0 aliphatic carbocycles. The quantitative estimate of drug-likeness (QED) is 0.533. The highest BCUT2D eigenvalue weighted by Gasteiger charge is 2.25. The molecular weight excluding hydrogens is 289 g/mol. The first-order chi connectivity index (χ1) is 6.70. The zero-order chi connectivity index (χ0) is 10.1. The number of aryl methyl sites for hydroxylation is 1. The first kappa shape index (κ1) is 9.96. The molecule has 1 heterocycles. The number of anilines is 1. The number of carbonyl (C=O) groups excluding carboxylic acids is 1. The second kappa shape index (κ2) is 3.88. The highest BCUT2D eigenvalue weighted by molar-refractivity contribution is 14.1. The van der Waals surface area contributed by atoms with Crippen LogP contribution in [0.25, 0.3) is 0 Å². The van der Waals surface area contributed by atoms with E-state index in [1.807, 2.05) is 25.1 Å². The normalized spacial score (nSPS) is 21.7. The van der Waals surface area contributed by atoms with Crippen molar-refractivity contribution in [1.29, 1.82) is 0 Å². The number of fused-ring (bicyclic) bond motifs is 1. The number of para-hydroxylation sites is 1. The molecule has 3 heteroatoms. The zero-order valence-corrected chi connectivity index (χ0v) is 10.2. The topological polar surface area (TPSA) is 20.3 Å². The molecule has 1 aromatic carbocycles. The van der Waals surface area contributed by atoms with Gasteiger partial charge < -0.3 is 0 Å². The standard InChI is InChI=1S/C11H12INO/c1-8-6-7-9-4-2-3-5-10(9)13(12)11(8)14/h2-5,8H,6-7H2,1H3. The Morgan fingerprint density at radius 3 is 2.93 bits per heavy atom. The summed E-state index contributed by atoms with van der Waals surface area (Å²) in [5, 5.41) is 0. The van der Waals surface area contributed by atoms with Gasteiger partial charge in [-0.3, -0.25) is 7.91 Å².